The van der Waals surface area contributed by atoms with E-state index in [2.05, 4.69) is 0 Å². The molecule has 4 heteroatoms. The van der Waals surface area contributed by atoms with Gasteiger partial charge in [0.05, 0.1) is 7.11 Å². The summed E-state index contributed by atoms with van der Waals surface area (Å²) in [5.41, 5.74) is 6.81. The van der Waals surface area contributed by atoms with E-state index >= 15 is 0 Å². The highest BCUT2D eigenvalue weighted by atomic mass is 19.1. The number of nitrogen functional groups attached to an aromatic ring is 1. The molecule has 0 aliphatic carbocycles. The Bertz CT molecular complexity index is 557. The highest BCUT2D eigenvalue weighted by Crippen LogP contribution is 2.30. The molecule has 0 aromatic heterocycles. The third kappa shape index (κ3) is 2.28. The van der Waals surface area contributed by atoms with Crippen molar-refractivity contribution in [1.82, 2.24) is 0 Å². The summed E-state index contributed by atoms with van der Waals surface area (Å²) in [5, 5.41) is 10.2. The lowest BCUT2D eigenvalue weighted by atomic mass is 9.99. The second kappa shape index (κ2) is 5.06. The normalized spacial score (nSPS) is 12.2. The second-order valence-corrected chi connectivity index (χ2v) is 3.92. The smallest absolute Gasteiger partial charge is 0.129 e. The highest BCUT2D eigenvalue weighted by Gasteiger charge is 2.17. The van der Waals surface area contributed by atoms with E-state index in [9.17, 15) is 9.50 Å². The largest absolute Gasteiger partial charge is 0.497 e. The molecule has 0 heterocycles. The second-order valence-electron chi connectivity index (χ2n) is 3.92. The summed E-state index contributed by atoms with van der Waals surface area (Å²) in [5.74, 6) is 0.0989. The molecule has 0 amide bonds. The summed E-state index contributed by atoms with van der Waals surface area (Å²) >= 11 is 0. The van der Waals surface area contributed by atoms with E-state index in [0.29, 0.717) is 17.0 Å². The van der Waals surface area contributed by atoms with Crippen molar-refractivity contribution in [3.8, 4) is 5.75 Å². The average molecular weight is 247 g/mol. The van der Waals surface area contributed by atoms with E-state index in [1.54, 1.807) is 30.3 Å². The van der Waals surface area contributed by atoms with Crippen LogP contribution in [0.25, 0.3) is 0 Å². The molecular formula is C14H14FNO2. The maximum Gasteiger partial charge on any atom is 0.129 e. The first-order valence-corrected chi connectivity index (χ1v) is 5.49. The molecule has 0 aliphatic rings. The van der Waals surface area contributed by atoms with E-state index in [1.807, 2.05) is 0 Å². The molecule has 94 valence electrons. The fourth-order valence-corrected chi connectivity index (χ4v) is 1.78. The summed E-state index contributed by atoms with van der Waals surface area (Å²) < 4.78 is 18.7. The Balaban J connectivity index is 2.45. The van der Waals surface area contributed by atoms with Gasteiger partial charge < -0.3 is 15.6 Å². The third-order valence-electron chi connectivity index (χ3n) is 2.79. The number of halogens is 1. The molecule has 0 aliphatic heterocycles. The number of anilines is 1. The van der Waals surface area contributed by atoms with Gasteiger partial charge in [-0.3, -0.25) is 0 Å². The van der Waals surface area contributed by atoms with Gasteiger partial charge in [0.25, 0.3) is 0 Å². The predicted octanol–water partition coefficient (Wildman–Crippen LogP) is 2.50. The van der Waals surface area contributed by atoms with E-state index in [1.165, 1.54) is 19.2 Å². The number of hydrogen-bond acceptors (Lipinski definition) is 3. The highest BCUT2D eigenvalue weighted by molar-refractivity contribution is 5.53. The topological polar surface area (TPSA) is 55.5 Å². The van der Waals surface area contributed by atoms with Gasteiger partial charge in [0.1, 0.15) is 17.7 Å². The molecule has 0 saturated heterocycles. The molecule has 2 aromatic carbocycles. The number of aliphatic hydroxyl groups is 1. The number of rotatable bonds is 3. The van der Waals surface area contributed by atoms with Gasteiger partial charge in [-0.25, -0.2) is 4.39 Å². The zero-order valence-electron chi connectivity index (χ0n) is 9.93. The summed E-state index contributed by atoms with van der Waals surface area (Å²) in [6.45, 7) is 0. The number of hydrogen-bond donors (Lipinski definition) is 2. The lowest BCUT2D eigenvalue weighted by molar-refractivity contribution is 0.215. The van der Waals surface area contributed by atoms with Crippen molar-refractivity contribution in [3.05, 3.63) is 59.4 Å². The van der Waals surface area contributed by atoms with E-state index in [-0.39, 0.29) is 5.56 Å². The molecule has 0 spiro atoms. The van der Waals surface area contributed by atoms with Crippen LogP contribution in [0.4, 0.5) is 10.1 Å². The van der Waals surface area contributed by atoms with Gasteiger partial charge in [0, 0.05) is 16.8 Å². The molecule has 3 N–H and O–H groups in total. The Labute approximate surface area is 105 Å². The third-order valence-corrected chi connectivity index (χ3v) is 2.79. The number of nitrogens with two attached hydrogens (primary N) is 1. The predicted molar refractivity (Wildman–Crippen MR) is 67.9 cm³/mol. The van der Waals surface area contributed by atoms with Gasteiger partial charge in [0.2, 0.25) is 0 Å². The Morgan fingerprint density at radius 3 is 2.56 bits per heavy atom. The molecule has 0 bridgehead atoms. The monoisotopic (exact) mass is 247 g/mol. The van der Waals surface area contributed by atoms with Gasteiger partial charge in [0.15, 0.2) is 0 Å². The summed E-state index contributed by atoms with van der Waals surface area (Å²) in [7, 11) is 1.52. The van der Waals surface area contributed by atoms with Crippen molar-refractivity contribution in [2.24, 2.45) is 0 Å². The lowest BCUT2D eigenvalue weighted by Crippen LogP contribution is -2.06. The van der Waals surface area contributed by atoms with E-state index < -0.39 is 11.9 Å². The summed E-state index contributed by atoms with van der Waals surface area (Å²) in [6.07, 6.45) is -1.11. The van der Waals surface area contributed by atoms with Crippen LogP contribution in [-0.2, 0) is 0 Å². The van der Waals surface area contributed by atoms with Crippen molar-refractivity contribution in [2.75, 3.05) is 12.8 Å². The van der Waals surface area contributed by atoms with Crippen molar-refractivity contribution < 1.29 is 14.2 Å². The summed E-state index contributed by atoms with van der Waals surface area (Å²) in [4.78, 5) is 0. The van der Waals surface area contributed by atoms with Crippen LogP contribution in [-0.4, -0.2) is 12.2 Å². The minimum absolute atomic E-state index is 0.192. The van der Waals surface area contributed by atoms with Crippen molar-refractivity contribution in [2.45, 2.75) is 6.10 Å². The molecule has 1 atom stereocenters. The van der Waals surface area contributed by atoms with E-state index in [4.69, 9.17) is 10.5 Å². The Kier molecular flexibility index (Phi) is 3.48. The zero-order valence-corrected chi connectivity index (χ0v) is 9.93. The van der Waals surface area contributed by atoms with Crippen LogP contribution in [0.5, 0.6) is 5.75 Å². The van der Waals surface area contributed by atoms with Crippen LogP contribution < -0.4 is 10.5 Å². The minimum Gasteiger partial charge on any atom is -0.497 e. The molecule has 18 heavy (non-hydrogen) atoms. The van der Waals surface area contributed by atoms with Crippen LogP contribution in [0.1, 0.15) is 17.2 Å². The van der Waals surface area contributed by atoms with Gasteiger partial charge in [-0.1, -0.05) is 18.2 Å². The number of benzene rings is 2. The number of ether oxygens (including phenoxy) is 1. The van der Waals surface area contributed by atoms with Crippen LogP contribution >= 0.6 is 0 Å². The number of aliphatic hydroxyl groups excluding tert-OH is 1. The fourth-order valence-electron chi connectivity index (χ4n) is 1.78. The van der Waals surface area contributed by atoms with Crippen LogP contribution in [0, 0.1) is 5.82 Å². The SMILES string of the molecule is COc1ccc(N)c(C(O)c2ccccc2F)c1. The molecule has 1 unspecified atom stereocenters. The molecule has 0 saturated carbocycles. The maximum absolute atomic E-state index is 13.6. The standard InChI is InChI=1S/C14H14FNO2/c1-18-9-6-7-13(16)11(8-9)14(17)10-4-2-3-5-12(10)15/h2-8,14,17H,16H2,1H3. The molecular weight excluding hydrogens is 233 g/mol. The molecule has 3 nitrogen and oxygen atoms in total. The van der Waals surface area contributed by atoms with Gasteiger partial charge in [-0.05, 0) is 24.3 Å². The van der Waals surface area contributed by atoms with Crippen molar-refractivity contribution in [3.63, 3.8) is 0 Å². The first-order chi connectivity index (χ1) is 8.63. The van der Waals surface area contributed by atoms with Crippen LogP contribution in [0.3, 0.4) is 0 Å². The minimum atomic E-state index is -1.11. The first kappa shape index (κ1) is 12.4. The zero-order chi connectivity index (χ0) is 13.1. The quantitative estimate of drug-likeness (QED) is 0.819. The van der Waals surface area contributed by atoms with E-state index in [0.717, 1.165) is 0 Å². The van der Waals surface area contributed by atoms with Gasteiger partial charge >= 0.3 is 0 Å². The average Bonchev–Trinajstić information content (AvgIpc) is 2.39. The van der Waals surface area contributed by atoms with Gasteiger partial charge in [-0.2, -0.15) is 0 Å². The van der Waals surface area contributed by atoms with Crippen molar-refractivity contribution >= 4 is 5.69 Å². The molecule has 0 fully saturated rings. The van der Waals surface area contributed by atoms with Crippen molar-refractivity contribution in [1.29, 1.82) is 0 Å². The maximum atomic E-state index is 13.6. The van der Waals surface area contributed by atoms with Gasteiger partial charge in [-0.15, -0.1) is 0 Å². The fraction of sp³-hybridized carbons (Fsp3) is 0.143. The lowest BCUT2D eigenvalue weighted by Gasteiger charge is -2.15. The Hall–Kier alpha value is -2.07. The number of methoxy groups -OCH3 is 1. The van der Waals surface area contributed by atoms with Crippen LogP contribution in [0.2, 0.25) is 0 Å². The molecule has 2 aromatic rings. The molecule has 2 rings (SSSR count). The Morgan fingerprint density at radius 2 is 1.89 bits per heavy atom. The Morgan fingerprint density at radius 1 is 1.17 bits per heavy atom. The molecule has 0 radical (unpaired) electrons. The van der Waals surface area contributed by atoms with Crippen LogP contribution in [0.15, 0.2) is 42.5 Å². The first-order valence-electron chi connectivity index (χ1n) is 5.49. The summed E-state index contributed by atoms with van der Waals surface area (Å²) in [6, 6.07) is 11.0.